The predicted molar refractivity (Wildman–Crippen MR) is 62.8 cm³/mol. The van der Waals surface area contributed by atoms with E-state index in [1.54, 1.807) is 0 Å². The van der Waals surface area contributed by atoms with Crippen molar-refractivity contribution >= 4 is 5.91 Å². The van der Waals surface area contributed by atoms with E-state index in [0.717, 1.165) is 6.42 Å². The highest BCUT2D eigenvalue weighted by atomic mass is 19.4. The Hall–Kier alpha value is -0.780. The second kappa shape index (κ2) is 6.41. The number of likely N-dealkylation sites (tertiary alicyclic amines) is 1. The summed E-state index contributed by atoms with van der Waals surface area (Å²) in [5.74, 6) is -1.49. The summed E-state index contributed by atoms with van der Waals surface area (Å²) >= 11 is 0. The van der Waals surface area contributed by atoms with Crippen LogP contribution in [0, 0.1) is 11.8 Å². The van der Waals surface area contributed by atoms with E-state index in [-0.39, 0.29) is 31.2 Å². The zero-order chi connectivity index (χ0) is 13.8. The molecular formula is C12H21F3N2O. The van der Waals surface area contributed by atoms with E-state index in [1.165, 1.54) is 4.90 Å². The fraction of sp³-hybridized carbons (Fsp3) is 0.917. The second-order valence-electron chi connectivity index (χ2n) is 4.93. The number of rotatable bonds is 4. The van der Waals surface area contributed by atoms with Crippen molar-refractivity contribution in [1.82, 2.24) is 4.90 Å². The normalized spacial score (nSPS) is 22.9. The Bertz CT molecular complexity index is 277. The lowest BCUT2D eigenvalue weighted by Gasteiger charge is -2.34. The molecule has 2 unspecified atom stereocenters. The van der Waals surface area contributed by atoms with Gasteiger partial charge in [0, 0.05) is 19.5 Å². The van der Waals surface area contributed by atoms with E-state index in [4.69, 9.17) is 5.73 Å². The first kappa shape index (κ1) is 15.3. The molecule has 0 bridgehead atoms. The molecule has 1 aliphatic heterocycles. The standard InChI is InChI=1S/C12H21F3N2O/c1-2-9(7-16)6-11(18)17-5-3-4-10(8-17)12(13,14)15/h9-10H,2-8,16H2,1H3. The van der Waals surface area contributed by atoms with Crippen LogP contribution in [0.1, 0.15) is 32.6 Å². The molecule has 1 saturated heterocycles. The van der Waals surface area contributed by atoms with Crippen LogP contribution in [0.2, 0.25) is 0 Å². The molecule has 0 aromatic heterocycles. The fourth-order valence-corrected chi connectivity index (χ4v) is 2.24. The van der Waals surface area contributed by atoms with Gasteiger partial charge in [0.2, 0.25) is 5.91 Å². The molecule has 1 rings (SSSR count). The summed E-state index contributed by atoms with van der Waals surface area (Å²) in [4.78, 5) is 13.2. The van der Waals surface area contributed by atoms with Crippen LogP contribution in [-0.2, 0) is 4.79 Å². The van der Waals surface area contributed by atoms with Crippen molar-refractivity contribution in [3.05, 3.63) is 0 Å². The highest BCUT2D eigenvalue weighted by molar-refractivity contribution is 5.76. The molecule has 0 radical (unpaired) electrons. The molecule has 1 fully saturated rings. The maximum absolute atomic E-state index is 12.6. The monoisotopic (exact) mass is 266 g/mol. The van der Waals surface area contributed by atoms with Gasteiger partial charge in [0.15, 0.2) is 0 Å². The van der Waals surface area contributed by atoms with Crippen LogP contribution in [0.4, 0.5) is 13.2 Å². The van der Waals surface area contributed by atoms with Gasteiger partial charge in [0.1, 0.15) is 0 Å². The van der Waals surface area contributed by atoms with E-state index in [1.807, 2.05) is 6.92 Å². The molecule has 0 aromatic rings. The van der Waals surface area contributed by atoms with Gasteiger partial charge in [-0.15, -0.1) is 0 Å². The summed E-state index contributed by atoms with van der Waals surface area (Å²) in [5, 5.41) is 0. The Balaban J connectivity index is 2.53. The summed E-state index contributed by atoms with van der Waals surface area (Å²) in [6, 6.07) is 0. The molecule has 6 heteroatoms. The largest absolute Gasteiger partial charge is 0.393 e. The third kappa shape index (κ3) is 4.15. The van der Waals surface area contributed by atoms with Crippen molar-refractivity contribution in [2.75, 3.05) is 19.6 Å². The topological polar surface area (TPSA) is 46.3 Å². The molecule has 2 atom stereocenters. The summed E-state index contributed by atoms with van der Waals surface area (Å²) in [6.07, 6.45) is -2.61. The number of amides is 1. The zero-order valence-electron chi connectivity index (χ0n) is 10.7. The molecule has 0 saturated carbocycles. The number of carbonyl (C=O) groups excluding carboxylic acids is 1. The van der Waals surface area contributed by atoms with Crippen molar-refractivity contribution in [3.8, 4) is 0 Å². The lowest BCUT2D eigenvalue weighted by molar-refractivity contribution is -0.188. The minimum absolute atomic E-state index is 0.0729. The van der Waals surface area contributed by atoms with Crippen LogP contribution in [0.3, 0.4) is 0 Å². The van der Waals surface area contributed by atoms with Crippen molar-refractivity contribution in [2.45, 2.75) is 38.8 Å². The van der Waals surface area contributed by atoms with Gasteiger partial charge in [-0.3, -0.25) is 4.79 Å². The molecule has 2 N–H and O–H groups in total. The van der Waals surface area contributed by atoms with Crippen LogP contribution in [0.15, 0.2) is 0 Å². The summed E-state index contributed by atoms with van der Waals surface area (Å²) in [5.41, 5.74) is 5.51. The first-order chi connectivity index (χ1) is 8.38. The van der Waals surface area contributed by atoms with Gasteiger partial charge in [0.05, 0.1) is 5.92 Å². The first-order valence-electron chi connectivity index (χ1n) is 6.43. The Labute approximate surface area is 106 Å². The number of carbonyl (C=O) groups is 1. The Kier molecular flexibility index (Phi) is 5.44. The summed E-state index contributed by atoms with van der Waals surface area (Å²) in [6.45, 7) is 2.58. The van der Waals surface area contributed by atoms with Gasteiger partial charge in [-0.1, -0.05) is 13.3 Å². The molecule has 1 heterocycles. The van der Waals surface area contributed by atoms with Gasteiger partial charge in [0.25, 0.3) is 0 Å². The molecule has 0 aliphatic carbocycles. The van der Waals surface area contributed by atoms with E-state index >= 15 is 0 Å². The number of nitrogens with zero attached hydrogens (tertiary/aromatic N) is 1. The summed E-state index contributed by atoms with van der Waals surface area (Å²) < 4.78 is 37.8. The number of halogens is 3. The van der Waals surface area contributed by atoms with E-state index in [0.29, 0.717) is 19.5 Å². The minimum Gasteiger partial charge on any atom is -0.342 e. The molecule has 0 aromatic carbocycles. The Morgan fingerprint density at radius 2 is 2.17 bits per heavy atom. The van der Waals surface area contributed by atoms with E-state index in [9.17, 15) is 18.0 Å². The molecule has 1 aliphatic rings. The van der Waals surface area contributed by atoms with Crippen molar-refractivity contribution in [2.24, 2.45) is 17.6 Å². The first-order valence-corrected chi connectivity index (χ1v) is 6.43. The van der Waals surface area contributed by atoms with E-state index in [2.05, 4.69) is 0 Å². The maximum atomic E-state index is 12.6. The minimum atomic E-state index is -4.20. The predicted octanol–water partition coefficient (Wildman–Crippen LogP) is 2.16. The van der Waals surface area contributed by atoms with Gasteiger partial charge >= 0.3 is 6.18 Å². The molecule has 0 spiro atoms. The lowest BCUT2D eigenvalue weighted by atomic mass is 9.95. The SMILES string of the molecule is CCC(CN)CC(=O)N1CCCC(C(F)(F)F)C1. The zero-order valence-corrected chi connectivity index (χ0v) is 10.7. The van der Waals surface area contributed by atoms with Gasteiger partial charge in [-0.05, 0) is 25.3 Å². The van der Waals surface area contributed by atoms with Crippen LogP contribution in [0.5, 0.6) is 0 Å². The molecule has 106 valence electrons. The Morgan fingerprint density at radius 1 is 1.50 bits per heavy atom. The van der Waals surface area contributed by atoms with Gasteiger partial charge in [-0.2, -0.15) is 13.2 Å². The van der Waals surface area contributed by atoms with Crippen molar-refractivity contribution in [3.63, 3.8) is 0 Å². The third-order valence-electron chi connectivity index (χ3n) is 3.61. The molecule has 3 nitrogen and oxygen atoms in total. The number of nitrogens with two attached hydrogens (primary N) is 1. The average molecular weight is 266 g/mol. The van der Waals surface area contributed by atoms with Crippen LogP contribution in [-0.4, -0.2) is 36.6 Å². The molecule has 18 heavy (non-hydrogen) atoms. The quantitative estimate of drug-likeness (QED) is 0.847. The summed E-state index contributed by atoms with van der Waals surface area (Å²) in [7, 11) is 0. The van der Waals surface area contributed by atoms with Crippen molar-refractivity contribution in [1.29, 1.82) is 0 Å². The molecular weight excluding hydrogens is 245 g/mol. The maximum Gasteiger partial charge on any atom is 0.393 e. The lowest BCUT2D eigenvalue weighted by Crippen LogP contribution is -2.45. The highest BCUT2D eigenvalue weighted by Crippen LogP contribution is 2.33. The third-order valence-corrected chi connectivity index (χ3v) is 3.61. The fourth-order valence-electron chi connectivity index (χ4n) is 2.24. The number of hydrogen-bond acceptors (Lipinski definition) is 2. The van der Waals surface area contributed by atoms with Gasteiger partial charge < -0.3 is 10.6 Å². The highest BCUT2D eigenvalue weighted by Gasteiger charge is 2.42. The Morgan fingerprint density at radius 3 is 2.67 bits per heavy atom. The van der Waals surface area contributed by atoms with Crippen LogP contribution < -0.4 is 5.73 Å². The van der Waals surface area contributed by atoms with E-state index < -0.39 is 12.1 Å². The van der Waals surface area contributed by atoms with Crippen molar-refractivity contribution < 1.29 is 18.0 Å². The number of hydrogen-bond donors (Lipinski definition) is 1. The number of piperidine rings is 1. The smallest absolute Gasteiger partial charge is 0.342 e. The van der Waals surface area contributed by atoms with Crippen LogP contribution in [0.25, 0.3) is 0 Å². The molecule has 1 amide bonds. The van der Waals surface area contributed by atoms with Crippen LogP contribution >= 0.6 is 0 Å². The van der Waals surface area contributed by atoms with Gasteiger partial charge in [-0.25, -0.2) is 0 Å². The average Bonchev–Trinajstić information content (AvgIpc) is 2.34. The second-order valence-corrected chi connectivity index (χ2v) is 4.93. The number of alkyl halides is 3.